The van der Waals surface area contributed by atoms with Gasteiger partial charge in [-0.2, -0.15) is 0 Å². The molecule has 2 aromatic carbocycles. The van der Waals surface area contributed by atoms with Crippen LogP contribution in [0.2, 0.25) is 0 Å². The van der Waals surface area contributed by atoms with Gasteiger partial charge < -0.3 is 19.7 Å². The fourth-order valence-electron chi connectivity index (χ4n) is 4.06. The SMILES string of the molecule is O=C(CN1C(=O)c2ccccc2C1=O)NCC1CC(=O)N(c2ccc3c(c2)OCO3)C1. The molecule has 5 rings (SSSR count). The fourth-order valence-corrected chi connectivity index (χ4v) is 4.06. The summed E-state index contributed by atoms with van der Waals surface area (Å²) >= 11 is 0. The summed E-state index contributed by atoms with van der Waals surface area (Å²) in [5.74, 6) is -0.261. The Kier molecular flexibility index (Phi) is 4.58. The maximum atomic E-state index is 12.5. The summed E-state index contributed by atoms with van der Waals surface area (Å²) in [6.07, 6.45) is 0.293. The number of fused-ring (bicyclic) bond motifs is 2. The molecule has 0 aromatic heterocycles. The highest BCUT2D eigenvalue weighted by atomic mass is 16.7. The molecule has 1 atom stereocenters. The minimum atomic E-state index is -0.472. The molecule has 0 aliphatic carbocycles. The lowest BCUT2D eigenvalue weighted by Gasteiger charge is -2.18. The van der Waals surface area contributed by atoms with Crippen LogP contribution < -0.4 is 19.7 Å². The topological polar surface area (TPSA) is 105 Å². The molecule has 1 saturated heterocycles. The Morgan fingerprint density at radius 2 is 1.71 bits per heavy atom. The molecule has 9 heteroatoms. The second kappa shape index (κ2) is 7.42. The predicted molar refractivity (Wildman–Crippen MR) is 108 cm³/mol. The van der Waals surface area contributed by atoms with E-state index in [9.17, 15) is 19.2 Å². The van der Waals surface area contributed by atoms with Gasteiger partial charge in [0.25, 0.3) is 11.8 Å². The molecule has 1 unspecified atom stereocenters. The molecule has 2 aromatic rings. The Hall–Kier alpha value is -3.88. The Bertz CT molecular complexity index is 1080. The van der Waals surface area contributed by atoms with Crippen molar-refractivity contribution in [1.82, 2.24) is 10.2 Å². The zero-order valence-corrected chi connectivity index (χ0v) is 16.5. The number of anilines is 1. The number of hydrogen-bond acceptors (Lipinski definition) is 6. The fraction of sp³-hybridized carbons (Fsp3) is 0.273. The Balaban J connectivity index is 1.17. The molecule has 4 amide bonds. The molecule has 1 N–H and O–H groups in total. The molecule has 1 fully saturated rings. The van der Waals surface area contributed by atoms with Gasteiger partial charge in [0, 0.05) is 37.2 Å². The number of carbonyl (C=O) groups is 4. The summed E-state index contributed by atoms with van der Waals surface area (Å²) in [5.41, 5.74) is 1.33. The number of benzene rings is 2. The number of nitrogens with one attached hydrogen (secondary N) is 1. The predicted octanol–water partition coefficient (Wildman–Crippen LogP) is 1.18. The van der Waals surface area contributed by atoms with Gasteiger partial charge in [-0.05, 0) is 24.3 Å². The molecule has 0 bridgehead atoms. The van der Waals surface area contributed by atoms with Crippen LogP contribution in [0.3, 0.4) is 0 Å². The normalized spacial score (nSPS) is 19.2. The Morgan fingerprint density at radius 1 is 1.00 bits per heavy atom. The lowest BCUT2D eigenvalue weighted by atomic mass is 10.1. The van der Waals surface area contributed by atoms with E-state index in [0.29, 0.717) is 41.3 Å². The molecule has 3 aliphatic heterocycles. The van der Waals surface area contributed by atoms with Crippen molar-refractivity contribution in [2.75, 3.05) is 31.3 Å². The quantitative estimate of drug-likeness (QED) is 0.727. The molecular weight excluding hydrogens is 402 g/mol. The van der Waals surface area contributed by atoms with E-state index in [1.807, 2.05) is 0 Å². The molecule has 9 nitrogen and oxygen atoms in total. The molecule has 3 aliphatic rings. The van der Waals surface area contributed by atoms with Gasteiger partial charge in [-0.25, -0.2) is 0 Å². The summed E-state index contributed by atoms with van der Waals surface area (Å²) in [5, 5.41) is 2.74. The number of nitrogens with zero attached hydrogens (tertiary/aromatic N) is 2. The second-order valence-electron chi connectivity index (χ2n) is 7.66. The van der Waals surface area contributed by atoms with Crippen molar-refractivity contribution >= 4 is 29.3 Å². The van der Waals surface area contributed by atoms with Crippen molar-refractivity contribution in [2.45, 2.75) is 6.42 Å². The van der Waals surface area contributed by atoms with Crippen LogP contribution in [0.1, 0.15) is 27.1 Å². The van der Waals surface area contributed by atoms with Crippen LogP contribution in [0.5, 0.6) is 11.5 Å². The van der Waals surface area contributed by atoms with E-state index in [1.54, 1.807) is 47.4 Å². The van der Waals surface area contributed by atoms with Gasteiger partial charge in [-0.3, -0.25) is 24.1 Å². The van der Waals surface area contributed by atoms with Gasteiger partial charge in [0.2, 0.25) is 18.6 Å². The van der Waals surface area contributed by atoms with Crippen molar-refractivity contribution in [3.63, 3.8) is 0 Å². The average Bonchev–Trinajstić information content (AvgIpc) is 3.45. The van der Waals surface area contributed by atoms with Crippen LogP contribution in [-0.2, 0) is 9.59 Å². The van der Waals surface area contributed by atoms with Gasteiger partial charge in [-0.15, -0.1) is 0 Å². The van der Waals surface area contributed by atoms with Crippen LogP contribution in [0.25, 0.3) is 0 Å². The Morgan fingerprint density at radius 3 is 2.45 bits per heavy atom. The van der Waals surface area contributed by atoms with Crippen molar-refractivity contribution in [1.29, 1.82) is 0 Å². The molecule has 3 heterocycles. The summed E-state index contributed by atoms with van der Waals surface area (Å²) < 4.78 is 10.7. The largest absolute Gasteiger partial charge is 0.454 e. The molecule has 31 heavy (non-hydrogen) atoms. The first-order valence-electron chi connectivity index (χ1n) is 9.93. The van der Waals surface area contributed by atoms with Gasteiger partial charge in [-0.1, -0.05) is 12.1 Å². The van der Waals surface area contributed by atoms with Gasteiger partial charge in [0.05, 0.1) is 11.1 Å². The smallest absolute Gasteiger partial charge is 0.262 e. The van der Waals surface area contributed by atoms with Crippen molar-refractivity contribution in [3.8, 4) is 11.5 Å². The molecule has 0 saturated carbocycles. The minimum Gasteiger partial charge on any atom is -0.454 e. The van der Waals surface area contributed by atoms with Crippen LogP contribution in [0, 0.1) is 5.92 Å². The highest BCUT2D eigenvalue weighted by molar-refractivity contribution is 6.22. The first-order valence-corrected chi connectivity index (χ1v) is 9.93. The van der Waals surface area contributed by atoms with E-state index in [-0.39, 0.29) is 31.7 Å². The zero-order chi connectivity index (χ0) is 21.5. The van der Waals surface area contributed by atoms with E-state index >= 15 is 0 Å². The standard InChI is InChI=1S/C22H19N3O6/c26-19(11-25-21(28)15-3-1-2-4-16(15)22(25)29)23-9-13-7-20(27)24(10-13)14-5-6-17-18(8-14)31-12-30-17/h1-6,8,13H,7,9-12H2,(H,23,26). The molecule has 158 valence electrons. The van der Waals surface area contributed by atoms with Crippen LogP contribution >= 0.6 is 0 Å². The van der Waals surface area contributed by atoms with E-state index in [2.05, 4.69) is 5.32 Å². The highest BCUT2D eigenvalue weighted by Crippen LogP contribution is 2.37. The first-order chi connectivity index (χ1) is 15.0. The van der Waals surface area contributed by atoms with Crippen LogP contribution in [0.15, 0.2) is 42.5 Å². The first kappa shape index (κ1) is 19.1. The van der Waals surface area contributed by atoms with E-state index < -0.39 is 17.7 Å². The number of hydrogen-bond donors (Lipinski definition) is 1. The van der Waals surface area contributed by atoms with Crippen LogP contribution in [-0.4, -0.2) is 55.0 Å². The second-order valence-corrected chi connectivity index (χ2v) is 7.66. The van der Waals surface area contributed by atoms with Gasteiger partial charge in [0.15, 0.2) is 11.5 Å². The number of imide groups is 1. The monoisotopic (exact) mass is 421 g/mol. The lowest BCUT2D eigenvalue weighted by molar-refractivity contribution is -0.122. The van der Waals surface area contributed by atoms with Gasteiger partial charge >= 0.3 is 0 Å². The maximum absolute atomic E-state index is 12.5. The summed E-state index contributed by atoms with van der Waals surface area (Å²) in [6, 6.07) is 11.8. The molecule has 0 spiro atoms. The third-order valence-electron chi connectivity index (χ3n) is 5.64. The van der Waals surface area contributed by atoms with Gasteiger partial charge in [0.1, 0.15) is 6.54 Å². The van der Waals surface area contributed by atoms with Crippen molar-refractivity contribution in [3.05, 3.63) is 53.6 Å². The summed E-state index contributed by atoms with van der Waals surface area (Å²) in [4.78, 5) is 52.2. The molecular formula is C22H19N3O6. The third kappa shape index (κ3) is 3.37. The van der Waals surface area contributed by atoms with Crippen LogP contribution in [0.4, 0.5) is 5.69 Å². The van der Waals surface area contributed by atoms with E-state index in [0.717, 1.165) is 4.90 Å². The van der Waals surface area contributed by atoms with Crippen molar-refractivity contribution < 1.29 is 28.7 Å². The minimum absolute atomic E-state index is 0.0431. The Labute approximate surface area is 177 Å². The highest BCUT2D eigenvalue weighted by Gasteiger charge is 2.37. The van der Waals surface area contributed by atoms with Crippen molar-refractivity contribution in [2.24, 2.45) is 5.92 Å². The van der Waals surface area contributed by atoms with E-state index in [4.69, 9.17) is 9.47 Å². The number of carbonyl (C=O) groups excluding carboxylic acids is 4. The summed E-state index contributed by atoms with van der Waals surface area (Å²) in [7, 11) is 0. The molecule has 0 radical (unpaired) electrons. The third-order valence-corrected chi connectivity index (χ3v) is 5.64. The number of rotatable bonds is 5. The maximum Gasteiger partial charge on any atom is 0.262 e. The number of ether oxygens (including phenoxy) is 2. The number of amides is 4. The lowest BCUT2D eigenvalue weighted by Crippen LogP contribution is -2.42. The average molecular weight is 421 g/mol. The zero-order valence-electron chi connectivity index (χ0n) is 16.5. The van der Waals surface area contributed by atoms with E-state index in [1.165, 1.54) is 0 Å². The summed E-state index contributed by atoms with van der Waals surface area (Å²) in [6.45, 7) is 0.536.